The smallest absolute Gasteiger partial charge is 0.267 e. The van der Waals surface area contributed by atoms with Gasteiger partial charge in [-0.15, -0.1) is 22.7 Å². The maximum atomic E-state index is 12.2. The molecule has 0 spiro atoms. The second kappa shape index (κ2) is 5.75. The Hall–Kier alpha value is -2.25. The van der Waals surface area contributed by atoms with Crippen LogP contribution in [0, 0.1) is 0 Å². The van der Waals surface area contributed by atoms with E-state index in [2.05, 4.69) is 5.10 Å². The van der Waals surface area contributed by atoms with Crippen LogP contribution in [-0.2, 0) is 0 Å². The Balaban J connectivity index is 1.53. The molecule has 0 unspecified atom stereocenters. The SMILES string of the molecule is O=C(c1cccs1)N1CC(n2nc(-c3cccs3)ccc2=O)C1. The monoisotopic (exact) mass is 343 g/mol. The van der Waals surface area contributed by atoms with Crippen LogP contribution < -0.4 is 5.56 Å². The lowest BCUT2D eigenvalue weighted by Crippen LogP contribution is -2.53. The number of aromatic nitrogens is 2. The van der Waals surface area contributed by atoms with E-state index in [1.165, 1.54) is 16.0 Å². The Labute approximate surface area is 140 Å². The first kappa shape index (κ1) is 14.3. The minimum atomic E-state index is -0.126. The van der Waals surface area contributed by atoms with Gasteiger partial charge in [0.2, 0.25) is 0 Å². The molecule has 7 heteroatoms. The van der Waals surface area contributed by atoms with Gasteiger partial charge in [-0.3, -0.25) is 9.59 Å². The van der Waals surface area contributed by atoms with Crippen LogP contribution in [0.25, 0.3) is 10.6 Å². The lowest BCUT2D eigenvalue weighted by Gasteiger charge is -2.39. The van der Waals surface area contributed by atoms with Gasteiger partial charge >= 0.3 is 0 Å². The molecule has 0 aromatic carbocycles. The summed E-state index contributed by atoms with van der Waals surface area (Å²) < 4.78 is 1.51. The van der Waals surface area contributed by atoms with Crippen molar-refractivity contribution in [3.05, 3.63) is 62.4 Å². The highest BCUT2D eigenvalue weighted by Gasteiger charge is 2.34. The van der Waals surface area contributed by atoms with Gasteiger partial charge in [-0.05, 0) is 29.0 Å². The normalized spacial score (nSPS) is 14.7. The molecule has 4 heterocycles. The lowest BCUT2D eigenvalue weighted by molar-refractivity contribution is 0.0498. The predicted octanol–water partition coefficient (Wildman–Crippen LogP) is 2.73. The van der Waals surface area contributed by atoms with Gasteiger partial charge in [0.25, 0.3) is 11.5 Å². The summed E-state index contributed by atoms with van der Waals surface area (Å²) in [6.45, 7) is 1.05. The van der Waals surface area contributed by atoms with Crippen molar-refractivity contribution in [2.45, 2.75) is 6.04 Å². The largest absolute Gasteiger partial charge is 0.334 e. The maximum absolute atomic E-state index is 12.2. The van der Waals surface area contributed by atoms with Gasteiger partial charge in [0.05, 0.1) is 15.8 Å². The zero-order valence-corrected chi connectivity index (χ0v) is 13.7. The van der Waals surface area contributed by atoms with E-state index in [-0.39, 0.29) is 17.5 Å². The molecule has 1 aliphatic heterocycles. The van der Waals surface area contributed by atoms with Crippen LogP contribution in [-0.4, -0.2) is 33.7 Å². The third-order valence-corrected chi connectivity index (χ3v) is 5.58. The fourth-order valence-electron chi connectivity index (χ4n) is 2.57. The molecule has 0 N–H and O–H groups in total. The van der Waals surface area contributed by atoms with Gasteiger partial charge in [-0.2, -0.15) is 5.10 Å². The highest BCUT2D eigenvalue weighted by Crippen LogP contribution is 2.25. The van der Waals surface area contributed by atoms with E-state index in [1.54, 1.807) is 28.4 Å². The molecule has 1 aliphatic rings. The highest BCUT2D eigenvalue weighted by molar-refractivity contribution is 7.13. The number of carbonyl (C=O) groups is 1. The van der Waals surface area contributed by atoms with Crippen LogP contribution in [0.1, 0.15) is 15.7 Å². The van der Waals surface area contributed by atoms with Crippen LogP contribution in [0.3, 0.4) is 0 Å². The van der Waals surface area contributed by atoms with Gasteiger partial charge in [0.1, 0.15) is 5.69 Å². The van der Waals surface area contributed by atoms with Gasteiger partial charge in [0, 0.05) is 19.2 Å². The minimum absolute atomic E-state index is 0.0266. The van der Waals surface area contributed by atoms with E-state index in [1.807, 2.05) is 35.0 Å². The average molecular weight is 343 g/mol. The molecule has 3 aromatic rings. The molecule has 0 saturated carbocycles. The Kier molecular flexibility index (Phi) is 3.59. The van der Waals surface area contributed by atoms with Crippen molar-refractivity contribution < 1.29 is 4.79 Å². The second-order valence-electron chi connectivity index (χ2n) is 5.32. The van der Waals surface area contributed by atoms with E-state index >= 15 is 0 Å². The molecule has 116 valence electrons. The van der Waals surface area contributed by atoms with E-state index in [0.717, 1.165) is 15.4 Å². The van der Waals surface area contributed by atoms with E-state index in [4.69, 9.17) is 0 Å². The summed E-state index contributed by atoms with van der Waals surface area (Å²) in [6.07, 6.45) is 0. The molecule has 0 radical (unpaired) electrons. The van der Waals surface area contributed by atoms with E-state index < -0.39 is 0 Å². The highest BCUT2D eigenvalue weighted by atomic mass is 32.1. The molecule has 1 fully saturated rings. The predicted molar refractivity (Wildman–Crippen MR) is 91.1 cm³/mol. The zero-order chi connectivity index (χ0) is 15.8. The van der Waals surface area contributed by atoms with Gasteiger partial charge < -0.3 is 4.90 Å². The van der Waals surface area contributed by atoms with Crippen molar-refractivity contribution >= 4 is 28.6 Å². The Morgan fingerprint density at radius 3 is 2.57 bits per heavy atom. The van der Waals surface area contributed by atoms with Gasteiger partial charge in [0.15, 0.2) is 0 Å². The number of thiophene rings is 2. The third-order valence-electron chi connectivity index (χ3n) is 3.83. The van der Waals surface area contributed by atoms with Crippen LogP contribution in [0.15, 0.2) is 52.0 Å². The van der Waals surface area contributed by atoms with Crippen molar-refractivity contribution in [1.29, 1.82) is 0 Å². The average Bonchev–Trinajstić information content (AvgIpc) is 3.21. The van der Waals surface area contributed by atoms with Crippen LogP contribution in [0.4, 0.5) is 0 Å². The Morgan fingerprint density at radius 1 is 1.09 bits per heavy atom. The van der Waals surface area contributed by atoms with Crippen molar-refractivity contribution in [2.75, 3.05) is 13.1 Å². The molecule has 1 saturated heterocycles. The van der Waals surface area contributed by atoms with Gasteiger partial charge in [-0.25, -0.2) is 4.68 Å². The molecule has 5 nitrogen and oxygen atoms in total. The number of likely N-dealkylation sites (tertiary alicyclic amines) is 1. The van der Waals surface area contributed by atoms with Crippen molar-refractivity contribution in [2.24, 2.45) is 0 Å². The van der Waals surface area contributed by atoms with E-state index in [9.17, 15) is 9.59 Å². The lowest BCUT2D eigenvalue weighted by atomic mass is 10.1. The summed E-state index contributed by atoms with van der Waals surface area (Å²) in [4.78, 5) is 27.8. The minimum Gasteiger partial charge on any atom is -0.334 e. The first-order chi connectivity index (χ1) is 11.2. The number of nitrogens with zero attached hydrogens (tertiary/aromatic N) is 3. The van der Waals surface area contributed by atoms with Crippen LogP contribution >= 0.6 is 22.7 Å². The fraction of sp³-hybridized carbons (Fsp3) is 0.188. The zero-order valence-electron chi connectivity index (χ0n) is 12.1. The van der Waals surface area contributed by atoms with E-state index in [0.29, 0.717) is 13.1 Å². The van der Waals surface area contributed by atoms with Gasteiger partial charge in [-0.1, -0.05) is 12.1 Å². The molecule has 1 amide bonds. The molecule has 3 aromatic heterocycles. The number of hydrogen-bond acceptors (Lipinski definition) is 5. The Bertz CT molecular complexity index is 878. The summed E-state index contributed by atoms with van der Waals surface area (Å²) in [5.74, 6) is 0.0266. The number of rotatable bonds is 3. The van der Waals surface area contributed by atoms with Crippen molar-refractivity contribution in [3.8, 4) is 10.6 Å². The number of carbonyl (C=O) groups excluding carboxylic acids is 1. The molecule has 23 heavy (non-hydrogen) atoms. The van der Waals surface area contributed by atoms with Crippen molar-refractivity contribution in [3.63, 3.8) is 0 Å². The first-order valence-electron chi connectivity index (χ1n) is 7.19. The summed E-state index contributed by atoms with van der Waals surface area (Å²) in [7, 11) is 0. The van der Waals surface area contributed by atoms with Crippen LogP contribution in [0.5, 0.6) is 0 Å². The summed E-state index contributed by atoms with van der Waals surface area (Å²) in [6, 6.07) is 10.9. The molecular formula is C16H13N3O2S2. The summed E-state index contributed by atoms with van der Waals surface area (Å²) in [5.41, 5.74) is 0.668. The maximum Gasteiger partial charge on any atom is 0.267 e. The molecule has 4 rings (SSSR count). The quantitative estimate of drug-likeness (QED) is 0.735. The first-order valence-corrected chi connectivity index (χ1v) is 8.95. The number of hydrogen-bond donors (Lipinski definition) is 0. The third kappa shape index (κ3) is 2.62. The topological polar surface area (TPSA) is 55.2 Å². The van der Waals surface area contributed by atoms with Crippen LogP contribution in [0.2, 0.25) is 0 Å². The molecule has 0 atom stereocenters. The van der Waals surface area contributed by atoms with Crippen molar-refractivity contribution in [1.82, 2.24) is 14.7 Å². The summed E-state index contributed by atoms with van der Waals surface area (Å²) in [5, 5.41) is 8.35. The Morgan fingerprint density at radius 2 is 1.87 bits per heavy atom. The fourth-order valence-corrected chi connectivity index (χ4v) is 3.96. The number of amides is 1. The molecular weight excluding hydrogens is 330 g/mol. The molecule has 0 bridgehead atoms. The summed E-state index contributed by atoms with van der Waals surface area (Å²) >= 11 is 3.03. The molecule has 0 aliphatic carbocycles. The standard InChI is InChI=1S/C16H13N3O2S2/c20-15-6-5-12(13-3-1-7-22-13)17-19(15)11-9-18(10-11)16(21)14-4-2-8-23-14/h1-8,11H,9-10H2. The second-order valence-corrected chi connectivity index (χ2v) is 7.22.